The van der Waals surface area contributed by atoms with E-state index in [0.717, 1.165) is 0 Å². The van der Waals surface area contributed by atoms with Crippen LogP contribution < -0.4 is 21.3 Å². The van der Waals surface area contributed by atoms with Gasteiger partial charge in [0, 0.05) is 26.1 Å². The van der Waals surface area contributed by atoms with Crippen LogP contribution in [0, 0.1) is 28.6 Å². The summed E-state index contributed by atoms with van der Waals surface area (Å²) in [6, 6.07) is -3.42. The van der Waals surface area contributed by atoms with E-state index in [1.54, 1.807) is 20.8 Å². The van der Waals surface area contributed by atoms with E-state index in [-0.39, 0.29) is 36.1 Å². The van der Waals surface area contributed by atoms with E-state index in [9.17, 15) is 37.9 Å². The second kappa shape index (κ2) is 10.7. The van der Waals surface area contributed by atoms with Gasteiger partial charge in [-0.25, -0.2) is 0 Å². The number of alkyl halides is 2. The third-order valence-corrected chi connectivity index (χ3v) is 8.28. The van der Waals surface area contributed by atoms with Crippen LogP contribution >= 0.6 is 0 Å². The molecule has 2 saturated heterocycles. The Morgan fingerprint density at radius 2 is 1.79 bits per heavy atom. The van der Waals surface area contributed by atoms with Crippen LogP contribution in [0.5, 0.6) is 0 Å². The van der Waals surface area contributed by atoms with Crippen LogP contribution in [-0.2, 0) is 24.0 Å². The van der Waals surface area contributed by atoms with Gasteiger partial charge in [0.15, 0.2) is 6.10 Å². The summed E-state index contributed by atoms with van der Waals surface area (Å²) in [6.45, 7) is 9.44. The van der Waals surface area contributed by atoms with E-state index in [1.807, 2.05) is 13.8 Å². The van der Waals surface area contributed by atoms with Gasteiger partial charge in [0.1, 0.15) is 12.1 Å². The topological polar surface area (TPSA) is 157 Å². The molecule has 2 heterocycles. The Morgan fingerprint density at radius 3 is 2.29 bits per heavy atom. The van der Waals surface area contributed by atoms with Crippen molar-refractivity contribution < 1.29 is 37.9 Å². The molecule has 13 heteroatoms. The summed E-state index contributed by atoms with van der Waals surface area (Å²) in [5, 5.41) is 20.5. The van der Waals surface area contributed by atoms with Gasteiger partial charge in [0.2, 0.25) is 17.7 Å². The Hall–Kier alpha value is -2.83. The molecule has 214 valence electrons. The SMILES string of the molecule is CNC(=O)C(O)C(C[C@@H]1CCNC1=O)NC(=O)[C@@H]1[C@@H]2[C@H](CN1C(=O)C(NC(=O)C(F)F)C(C)(C)C)C2(C)C. The Bertz CT molecular complexity index is 984. The van der Waals surface area contributed by atoms with Crippen molar-refractivity contribution >= 4 is 29.5 Å². The molecule has 0 spiro atoms. The number of hydrogen-bond donors (Lipinski definition) is 5. The maximum absolute atomic E-state index is 13.7. The average molecular weight is 544 g/mol. The summed E-state index contributed by atoms with van der Waals surface area (Å²) in [6.07, 6.45) is -4.45. The van der Waals surface area contributed by atoms with Crippen molar-refractivity contribution in [3.05, 3.63) is 0 Å². The number of nitrogens with zero attached hydrogens (tertiary/aromatic N) is 1. The summed E-state index contributed by atoms with van der Waals surface area (Å²) in [5.74, 6) is -4.61. The van der Waals surface area contributed by atoms with Gasteiger partial charge in [-0.1, -0.05) is 34.6 Å². The summed E-state index contributed by atoms with van der Waals surface area (Å²) in [4.78, 5) is 64.9. The summed E-state index contributed by atoms with van der Waals surface area (Å²) < 4.78 is 26.0. The number of aliphatic hydroxyl groups is 1. The monoisotopic (exact) mass is 543 g/mol. The van der Waals surface area contributed by atoms with Crippen LogP contribution in [0.3, 0.4) is 0 Å². The highest BCUT2D eigenvalue weighted by Gasteiger charge is 2.70. The number of rotatable bonds is 9. The van der Waals surface area contributed by atoms with Crippen LogP contribution in [0.25, 0.3) is 0 Å². The predicted molar refractivity (Wildman–Crippen MR) is 131 cm³/mol. The molecule has 1 saturated carbocycles. The zero-order valence-corrected chi connectivity index (χ0v) is 22.6. The number of amides is 5. The lowest BCUT2D eigenvalue weighted by Gasteiger charge is -2.38. The zero-order chi connectivity index (χ0) is 28.7. The fourth-order valence-electron chi connectivity index (χ4n) is 5.87. The lowest BCUT2D eigenvalue weighted by molar-refractivity contribution is -0.148. The number of hydrogen-bond acceptors (Lipinski definition) is 6. The molecule has 3 aliphatic rings. The molecule has 0 aromatic rings. The molecule has 0 bridgehead atoms. The van der Waals surface area contributed by atoms with Crippen LogP contribution in [-0.4, -0.2) is 90.3 Å². The van der Waals surface area contributed by atoms with E-state index in [0.29, 0.717) is 13.0 Å². The molecule has 5 N–H and O–H groups in total. The van der Waals surface area contributed by atoms with Crippen LogP contribution in [0.15, 0.2) is 0 Å². The second-order valence-electron chi connectivity index (χ2n) is 12.2. The minimum Gasteiger partial charge on any atom is -0.381 e. The van der Waals surface area contributed by atoms with Crippen molar-refractivity contribution in [2.24, 2.45) is 28.6 Å². The number of aliphatic hydroxyl groups excluding tert-OH is 1. The van der Waals surface area contributed by atoms with Crippen molar-refractivity contribution in [2.75, 3.05) is 20.1 Å². The van der Waals surface area contributed by atoms with Crippen LogP contribution in [0.4, 0.5) is 8.78 Å². The summed E-state index contributed by atoms with van der Waals surface area (Å²) in [5.41, 5.74) is -1.21. The number of carbonyl (C=O) groups excluding carboxylic acids is 5. The molecule has 11 nitrogen and oxygen atoms in total. The quantitative estimate of drug-likeness (QED) is 0.261. The maximum atomic E-state index is 13.7. The molecule has 0 aromatic heterocycles. The van der Waals surface area contributed by atoms with Crippen molar-refractivity contribution in [3.63, 3.8) is 0 Å². The molecule has 5 amide bonds. The largest absolute Gasteiger partial charge is 0.381 e. The number of piperidine rings is 1. The fraction of sp³-hybridized carbons (Fsp3) is 0.800. The normalized spacial score (nSPS) is 28.2. The molecule has 2 aliphatic heterocycles. The number of nitrogens with one attached hydrogen (secondary N) is 4. The Labute approximate surface area is 220 Å². The van der Waals surface area contributed by atoms with Gasteiger partial charge < -0.3 is 31.3 Å². The average Bonchev–Trinajstić information content (AvgIpc) is 3.19. The summed E-state index contributed by atoms with van der Waals surface area (Å²) in [7, 11) is 1.34. The van der Waals surface area contributed by atoms with E-state index >= 15 is 0 Å². The molecular formula is C25H39F2N5O6. The van der Waals surface area contributed by atoms with Crippen LogP contribution in [0.1, 0.15) is 47.5 Å². The first-order chi connectivity index (χ1) is 17.5. The number of halogens is 2. The molecule has 0 aromatic carbocycles. The van der Waals surface area contributed by atoms with Crippen molar-refractivity contribution in [1.29, 1.82) is 0 Å². The van der Waals surface area contributed by atoms with Gasteiger partial charge in [-0.05, 0) is 35.5 Å². The molecule has 0 radical (unpaired) electrons. The number of likely N-dealkylation sites (tertiary alicyclic amines) is 1. The zero-order valence-electron chi connectivity index (χ0n) is 22.6. The highest BCUT2D eigenvalue weighted by atomic mass is 19.3. The van der Waals surface area contributed by atoms with Gasteiger partial charge in [0.05, 0.1) is 6.04 Å². The first-order valence-electron chi connectivity index (χ1n) is 12.9. The second-order valence-corrected chi connectivity index (χ2v) is 12.2. The van der Waals surface area contributed by atoms with Crippen LogP contribution in [0.2, 0.25) is 0 Å². The lowest BCUT2D eigenvalue weighted by atomic mass is 9.85. The smallest absolute Gasteiger partial charge is 0.315 e. The molecule has 3 fully saturated rings. The Morgan fingerprint density at radius 1 is 1.16 bits per heavy atom. The Balaban J connectivity index is 1.87. The van der Waals surface area contributed by atoms with Crippen molar-refractivity contribution in [3.8, 4) is 0 Å². The first-order valence-corrected chi connectivity index (χ1v) is 12.9. The minimum atomic E-state index is -3.31. The predicted octanol–water partition coefficient (Wildman–Crippen LogP) is -0.617. The third-order valence-electron chi connectivity index (χ3n) is 8.28. The van der Waals surface area contributed by atoms with Gasteiger partial charge >= 0.3 is 6.43 Å². The third kappa shape index (κ3) is 5.76. The van der Waals surface area contributed by atoms with E-state index in [2.05, 4.69) is 21.3 Å². The highest BCUT2D eigenvalue weighted by molar-refractivity contribution is 5.95. The number of fused-ring (bicyclic) bond motifs is 1. The van der Waals surface area contributed by atoms with E-state index < -0.39 is 65.6 Å². The minimum absolute atomic E-state index is 0.0133. The molecule has 7 atom stereocenters. The van der Waals surface area contributed by atoms with Gasteiger partial charge in [-0.2, -0.15) is 8.78 Å². The van der Waals surface area contributed by atoms with Gasteiger partial charge in [0.25, 0.3) is 11.8 Å². The van der Waals surface area contributed by atoms with E-state index in [4.69, 9.17) is 0 Å². The van der Waals surface area contributed by atoms with E-state index in [1.165, 1.54) is 11.9 Å². The fourth-order valence-corrected chi connectivity index (χ4v) is 5.87. The Kier molecular flexibility index (Phi) is 8.40. The molecule has 3 rings (SSSR count). The van der Waals surface area contributed by atoms with Crippen molar-refractivity contribution in [2.45, 2.75) is 78.1 Å². The number of likely N-dealkylation sites (N-methyl/N-ethyl adjacent to an activating group) is 1. The molecule has 3 unspecified atom stereocenters. The van der Waals surface area contributed by atoms with Gasteiger partial charge in [-0.3, -0.25) is 24.0 Å². The molecule has 38 heavy (non-hydrogen) atoms. The van der Waals surface area contributed by atoms with Crippen molar-refractivity contribution in [1.82, 2.24) is 26.2 Å². The summed E-state index contributed by atoms with van der Waals surface area (Å²) >= 11 is 0. The maximum Gasteiger partial charge on any atom is 0.315 e. The molecule has 1 aliphatic carbocycles. The molecular weight excluding hydrogens is 504 g/mol. The van der Waals surface area contributed by atoms with Gasteiger partial charge in [-0.15, -0.1) is 0 Å². The first kappa shape index (κ1) is 29.7. The highest BCUT2D eigenvalue weighted by Crippen LogP contribution is 2.65. The standard InChI is InChI=1S/C25H39F2N5O6/c1-24(2,3)17(31-22(37)18(26)27)23(38)32-10-12-14(25(12,4)5)15(32)20(35)30-13(16(33)21(36)28-6)9-11-7-8-29-19(11)34/h11-18,33H,7-10H2,1-6H3,(H,28,36)(H,29,34)(H,30,35)(H,31,37)/t11-,12-,13?,14-,15-,16?,17?/m0/s1. The lowest BCUT2D eigenvalue weighted by Crippen LogP contribution is -2.61. The number of carbonyl (C=O) groups is 5.